The summed E-state index contributed by atoms with van der Waals surface area (Å²) in [7, 11) is 0. The van der Waals surface area contributed by atoms with Gasteiger partial charge in [0.2, 0.25) is 0 Å². The van der Waals surface area contributed by atoms with Crippen molar-refractivity contribution in [1.82, 2.24) is 10.3 Å². The molecule has 1 saturated carbocycles. The molecule has 0 bridgehead atoms. The maximum atomic E-state index is 12.7. The maximum Gasteiger partial charge on any atom is 0.271 e. The minimum absolute atomic E-state index is 0.0760. The van der Waals surface area contributed by atoms with Crippen molar-refractivity contribution in [3.8, 4) is 0 Å². The van der Waals surface area contributed by atoms with Crippen molar-refractivity contribution < 1.29 is 4.79 Å². The molecule has 1 fully saturated rings. The molecule has 1 amide bonds. The highest BCUT2D eigenvalue weighted by molar-refractivity contribution is 7.09. The van der Waals surface area contributed by atoms with Gasteiger partial charge in [-0.25, -0.2) is 4.98 Å². The first-order chi connectivity index (χ1) is 11.1. The molecule has 5 heteroatoms. The van der Waals surface area contributed by atoms with Crippen molar-refractivity contribution in [3.63, 3.8) is 0 Å². The summed E-state index contributed by atoms with van der Waals surface area (Å²) in [6.45, 7) is 2.65. The number of nitrogens with two attached hydrogens (primary N) is 1. The summed E-state index contributed by atoms with van der Waals surface area (Å²) in [5.74, 6) is -0.0760. The third kappa shape index (κ3) is 3.46. The van der Waals surface area contributed by atoms with Gasteiger partial charge in [0.1, 0.15) is 5.69 Å². The Morgan fingerprint density at radius 3 is 2.87 bits per heavy atom. The number of hydrogen-bond acceptors (Lipinski definition) is 4. The molecule has 3 N–H and O–H groups in total. The largest absolute Gasteiger partial charge is 0.341 e. The second-order valence-electron chi connectivity index (χ2n) is 6.28. The second-order valence-corrected chi connectivity index (χ2v) is 7.22. The number of nitrogens with one attached hydrogen (secondary N) is 1. The van der Waals surface area contributed by atoms with Gasteiger partial charge in [-0.3, -0.25) is 4.79 Å². The van der Waals surface area contributed by atoms with E-state index in [4.69, 9.17) is 5.73 Å². The number of carbonyl (C=O) groups is 1. The van der Waals surface area contributed by atoms with Gasteiger partial charge in [0.05, 0.1) is 10.5 Å². The van der Waals surface area contributed by atoms with Crippen LogP contribution in [0.2, 0.25) is 0 Å². The fourth-order valence-corrected chi connectivity index (χ4v) is 4.14. The molecule has 3 rings (SSSR count). The molecule has 1 aromatic carbocycles. The quantitative estimate of drug-likeness (QED) is 0.885. The van der Waals surface area contributed by atoms with E-state index in [9.17, 15) is 4.79 Å². The normalized spacial score (nSPS) is 16.4. The Bertz CT molecular complexity index is 689. The van der Waals surface area contributed by atoms with Gasteiger partial charge in [0, 0.05) is 11.8 Å². The molecule has 0 spiro atoms. The molecule has 23 heavy (non-hydrogen) atoms. The summed E-state index contributed by atoms with van der Waals surface area (Å²) in [5, 5.41) is 6.04. The Labute approximate surface area is 141 Å². The Balaban J connectivity index is 1.83. The number of hydrogen-bond donors (Lipinski definition) is 2. The minimum Gasteiger partial charge on any atom is -0.341 e. The second kappa shape index (κ2) is 6.81. The molecule has 0 aliphatic heterocycles. The van der Waals surface area contributed by atoms with Crippen LogP contribution < -0.4 is 11.1 Å². The first-order valence-corrected chi connectivity index (χ1v) is 9.05. The molecule has 1 aliphatic rings. The molecule has 1 aromatic heterocycles. The summed E-state index contributed by atoms with van der Waals surface area (Å²) in [4.78, 5) is 17.1. The lowest BCUT2D eigenvalue weighted by molar-refractivity contribution is 0.0893. The van der Waals surface area contributed by atoms with Crippen LogP contribution in [0.3, 0.4) is 0 Å². The molecule has 2 aromatic rings. The predicted octanol–water partition coefficient (Wildman–Crippen LogP) is 3.15. The van der Waals surface area contributed by atoms with Crippen molar-refractivity contribution in [2.45, 2.75) is 44.6 Å². The van der Waals surface area contributed by atoms with E-state index in [-0.39, 0.29) is 11.4 Å². The number of aryl methyl sites for hydroxylation is 1. The standard InChI is InChI=1S/C18H23N3OS/c1-13-5-4-6-14(11-13)18(8-2-3-9-18)21-17(22)15-12-23-16(20-15)7-10-19/h4-6,11-12H,2-3,7-10,19H2,1H3,(H,21,22). The van der Waals surface area contributed by atoms with Gasteiger partial charge in [-0.1, -0.05) is 42.7 Å². The monoisotopic (exact) mass is 329 g/mol. The van der Waals surface area contributed by atoms with Gasteiger partial charge in [-0.15, -0.1) is 11.3 Å². The van der Waals surface area contributed by atoms with E-state index in [0.717, 1.165) is 37.1 Å². The van der Waals surface area contributed by atoms with Crippen LogP contribution in [-0.4, -0.2) is 17.4 Å². The predicted molar refractivity (Wildman–Crippen MR) is 93.7 cm³/mol. The van der Waals surface area contributed by atoms with Crippen LogP contribution in [-0.2, 0) is 12.0 Å². The highest BCUT2D eigenvalue weighted by Crippen LogP contribution is 2.39. The number of rotatable bonds is 5. The summed E-state index contributed by atoms with van der Waals surface area (Å²) in [6, 6.07) is 8.47. The van der Waals surface area contributed by atoms with Crippen LogP contribution in [0.25, 0.3) is 0 Å². The Morgan fingerprint density at radius 1 is 1.39 bits per heavy atom. The fourth-order valence-electron chi connectivity index (χ4n) is 3.34. The number of benzene rings is 1. The van der Waals surface area contributed by atoms with E-state index in [1.54, 1.807) is 0 Å². The summed E-state index contributed by atoms with van der Waals surface area (Å²) < 4.78 is 0. The zero-order valence-corrected chi connectivity index (χ0v) is 14.3. The van der Waals surface area contributed by atoms with Crippen molar-refractivity contribution in [3.05, 3.63) is 51.5 Å². The zero-order valence-electron chi connectivity index (χ0n) is 13.5. The van der Waals surface area contributed by atoms with Gasteiger partial charge in [0.25, 0.3) is 5.91 Å². The summed E-state index contributed by atoms with van der Waals surface area (Å²) >= 11 is 1.51. The molecule has 1 aliphatic carbocycles. The van der Waals surface area contributed by atoms with Gasteiger partial charge in [-0.05, 0) is 31.9 Å². The average molecular weight is 329 g/mol. The van der Waals surface area contributed by atoms with Crippen LogP contribution in [0, 0.1) is 6.92 Å². The van der Waals surface area contributed by atoms with E-state index >= 15 is 0 Å². The molecule has 0 radical (unpaired) electrons. The Kier molecular flexibility index (Phi) is 4.78. The van der Waals surface area contributed by atoms with E-state index in [1.807, 2.05) is 5.38 Å². The minimum atomic E-state index is -0.249. The molecular weight excluding hydrogens is 306 g/mol. The van der Waals surface area contributed by atoms with Crippen molar-refractivity contribution in [1.29, 1.82) is 0 Å². The first-order valence-electron chi connectivity index (χ1n) is 8.17. The van der Waals surface area contributed by atoms with Crippen LogP contribution in [0.5, 0.6) is 0 Å². The van der Waals surface area contributed by atoms with Crippen molar-refractivity contribution >= 4 is 17.2 Å². The molecular formula is C18H23N3OS. The van der Waals surface area contributed by atoms with Crippen molar-refractivity contribution in [2.75, 3.05) is 6.54 Å². The van der Waals surface area contributed by atoms with Crippen molar-refractivity contribution in [2.24, 2.45) is 5.73 Å². The molecule has 1 heterocycles. The van der Waals surface area contributed by atoms with Crippen LogP contribution >= 0.6 is 11.3 Å². The average Bonchev–Trinajstić information content (AvgIpc) is 3.18. The van der Waals surface area contributed by atoms with Crippen LogP contribution in [0.4, 0.5) is 0 Å². The van der Waals surface area contributed by atoms with Gasteiger partial charge < -0.3 is 11.1 Å². The summed E-state index contributed by atoms with van der Waals surface area (Å²) in [6.07, 6.45) is 4.98. The van der Waals surface area contributed by atoms with E-state index in [0.29, 0.717) is 12.2 Å². The van der Waals surface area contributed by atoms with Gasteiger partial charge >= 0.3 is 0 Å². The third-order valence-electron chi connectivity index (χ3n) is 4.52. The van der Waals surface area contributed by atoms with Gasteiger partial charge in [-0.2, -0.15) is 0 Å². The third-order valence-corrected chi connectivity index (χ3v) is 5.43. The van der Waals surface area contributed by atoms with Crippen LogP contribution in [0.1, 0.15) is 52.3 Å². The Hall–Kier alpha value is -1.72. The number of aromatic nitrogens is 1. The maximum absolute atomic E-state index is 12.7. The molecule has 4 nitrogen and oxygen atoms in total. The molecule has 122 valence electrons. The smallest absolute Gasteiger partial charge is 0.271 e. The first kappa shape index (κ1) is 16.1. The molecule has 0 saturated heterocycles. The Morgan fingerprint density at radius 2 is 2.17 bits per heavy atom. The fraction of sp³-hybridized carbons (Fsp3) is 0.444. The number of thiazole rings is 1. The number of carbonyl (C=O) groups excluding carboxylic acids is 1. The highest BCUT2D eigenvalue weighted by Gasteiger charge is 2.37. The number of nitrogens with zero attached hydrogens (tertiary/aromatic N) is 1. The number of amides is 1. The lowest BCUT2D eigenvalue weighted by Crippen LogP contribution is -2.44. The summed E-state index contributed by atoms with van der Waals surface area (Å²) in [5.41, 5.74) is 8.25. The van der Waals surface area contributed by atoms with E-state index in [1.165, 1.54) is 22.5 Å². The topological polar surface area (TPSA) is 68.0 Å². The van der Waals surface area contributed by atoms with E-state index < -0.39 is 0 Å². The van der Waals surface area contributed by atoms with Crippen LogP contribution in [0.15, 0.2) is 29.6 Å². The highest BCUT2D eigenvalue weighted by atomic mass is 32.1. The SMILES string of the molecule is Cc1cccc(C2(NC(=O)c3csc(CCN)n3)CCCC2)c1. The molecule has 0 atom stereocenters. The lowest BCUT2D eigenvalue weighted by atomic mass is 9.87. The van der Waals surface area contributed by atoms with Gasteiger partial charge in [0.15, 0.2) is 0 Å². The molecule has 0 unspecified atom stereocenters. The zero-order chi connectivity index (χ0) is 16.3. The van der Waals surface area contributed by atoms with E-state index in [2.05, 4.69) is 41.5 Å². The lowest BCUT2D eigenvalue weighted by Gasteiger charge is -2.31.